The summed E-state index contributed by atoms with van der Waals surface area (Å²) in [4.78, 5) is 37.3. The number of nitrogens with zero attached hydrogens (tertiary/aromatic N) is 1. The number of esters is 2. The van der Waals surface area contributed by atoms with Crippen LogP contribution in [0.1, 0.15) is 219 Å². The molecule has 0 aliphatic rings. The van der Waals surface area contributed by atoms with Crippen molar-refractivity contribution in [3.05, 3.63) is 85.1 Å². The van der Waals surface area contributed by atoms with Gasteiger partial charge in [-0.25, -0.2) is 4.79 Å². The van der Waals surface area contributed by atoms with Crippen molar-refractivity contribution in [3.63, 3.8) is 0 Å². The van der Waals surface area contributed by atoms with E-state index in [2.05, 4.69) is 98.9 Å². The highest BCUT2D eigenvalue weighted by Crippen LogP contribution is 2.15. The smallest absolute Gasteiger partial charge is 0.361 e. The lowest BCUT2D eigenvalue weighted by Crippen LogP contribution is -2.40. The number of carbonyl (C=O) groups excluding carboxylic acids is 2. The summed E-state index contributed by atoms with van der Waals surface area (Å²) in [6.45, 7) is 4.75. The number of carboxylic acids is 1. The van der Waals surface area contributed by atoms with Gasteiger partial charge in [0.05, 0.1) is 34.4 Å². The lowest BCUT2D eigenvalue weighted by Gasteiger charge is -2.25. The second-order valence-electron chi connectivity index (χ2n) is 19.5. The molecule has 0 spiro atoms. The fourth-order valence-electron chi connectivity index (χ4n) is 7.40. The van der Waals surface area contributed by atoms with E-state index in [1.54, 1.807) is 0 Å². The first-order valence-electron chi connectivity index (χ1n) is 27.8. The van der Waals surface area contributed by atoms with Gasteiger partial charge in [-0.05, 0) is 70.6 Å². The van der Waals surface area contributed by atoms with Gasteiger partial charge in [-0.1, -0.05) is 221 Å². The maximum absolute atomic E-state index is 12.9. The first-order chi connectivity index (χ1) is 33.6. The number of rotatable bonds is 50. The van der Waals surface area contributed by atoms with E-state index >= 15 is 0 Å². The number of carboxylic acid groups (broad SMARTS) is 1. The zero-order valence-electron chi connectivity index (χ0n) is 44.9. The number of hydrogen-bond donors (Lipinski definition) is 1. The molecule has 0 aliphatic carbocycles. The third-order valence-corrected chi connectivity index (χ3v) is 11.7. The predicted octanol–water partition coefficient (Wildman–Crippen LogP) is 16.0. The van der Waals surface area contributed by atoms with Crippen LogP contribution in [0.4, 0.5) is 0 Å². The summed E-state index contributed by atoms with van der Waals surface area (Å²) in [6, 6.07) is 0. The number of ether oxygens (including phenoxy) is 4. The average molecular weight is 967 g/mol. The third-order valence-electron chi connectivity index (χ3n) is 11.7. The lowest BCUT2D eigenvalue weighted by atomic mass is 10.0. The van der Waals surface area contributed by atoms with Crippen molar-refractivity contribution in [2.24, 2.45) is 0 Å². The van der Waals surface area contributed by atoms with Gasteiger partial charge in [-0.2, -0.15) is 0 Å². The molecule has 0 aromatic rings. The van der Waals surface area contributed by atoms with Crippen molar-refractivity contribution < 1.29 is 42.9 Å². The summed E-state index contributed by atoms with van der Waals surface area (Å²) >= 11 is 0. The number of unbranched alkanes of at least 4 members (excludes halogenated alkanes) is 21. The zero-order valence-corrected chi connectivity index (χ0v) is 44.9. The van der Waals surface area contributed by atoms with Crippen molar-refractivity contribution in [3.8, 4) is 0 Å². The molecule has 2 atom stereocenters. The maximum atomic E-state index is 12.9. The second-order valence-corrected chi connectivity index (χ2v) is 19.5. The van der Waals surface area contributed by atoms with Crippen molar-refractivity contribution in [2.45, 2.75) is 232 Å². The van der Waals surface area contributed by atoms with E-state index in [9.17, 15) is 19.5 Å². The van der Waals surface area contributed by atoms with Crippen molar-refractivity contribution in [1.29, 1.82) is 0 Å². The molecule has 0 radical (unpaired) electrons. The Morgan fingerprint density at radius 2 is 0.826 bits per heavy atom. The van der Waals surface area contributed by atoms with E-state index in [0.717, 1.165) is 89.9 Å². The van der Waals surface area contributed by atoms with Crippen LogP contribution in [-0.2, 0) is 33.3 Å². The minimum absolute atomic E-state index is 0.182. The first kappa shape index (κ1) is 65.5. The van der Waals surface area contributed by atoms with Crippen LogP contribution in [0.2, 0.25) is 0 Å². The Kier molecular flexibility index (Phi) is 48.2. The van der Waals surface area contributed by atoms with Gasteiger partial charge in [-0.15, -0.1) is 0 Å². The van der Waals surface area contributed by atoms with Crippen molar-refractivity contribution >= 4 is 17.9 Å². The minimum Gasteiger partial charge on any atom is -0.477 e. The molecule has 0 aliphatic heterocycles. The molecule has 396 valence electrons. The van der Waals surface area contributed by atoms with E-state index in [1.165, 1.54) is 96.3 Å². The number of carbonyl (C=O) groups is 3. The second kappa shape index (κ2) is 50.8. The molecule has 1 N–H and O–H groups in total. The van der Waals surface area contributed by atoms with Gasteiger partial charge < -0.3 is 28.5 Å². The Labute approximate surface area is 423 Å². The molecule has 0 heterocycles. The molecular weight excluding hydrogens is 863 g/mol. The third kappa shape index (κ3) is 52.1. The van der Waals surface area contributed by atoms with Gasteiger partial charge in [0.2, 0.25) is 0 Å². The van der Waals surface area contributed by atoms with Crippen LogP contribution in [0.3, 0.4) is 0 Å². The van der Waals surface area contributed by atoms with Gasteiger partial charge in [0.25, 0.3) is 6.29 Å². The summed E-state index contributed by atoms with van der Waals surface area (Å²) in [5.74, 6) is -2.02. The van der Waals surface area contributed by atoms with E-state index in [0.29, 0.717) is 23.9 Å². The highest BCUT2D eigenvalue weighted by Gasteiger charge is 2.25. The number of hydrogen-bond acceptors (Lipinski definition) is 7. The summed E-state index contributed by atoms with van der Waals surface area (Å²) < 4.78 is 22.8. The molecule has 0 bridgehead atoms. The number of aliphatic carboxylic acids is 1. The summed E-state index contributed by atoms with van der Waals surface area (Å²) in [5, 5.41) is 9.68. The first-order valence-corrected chi connectivity index (χ1v) is 27.8. The molecule has 0 fully saturated rings. The molecular formula is C60H104NO8+. The Morgan fingerprint density at radius 3 is 1.23 bits per heavy atom. The Morgan fingerprint density at radius 1 is 0.449 bits per heavy atom. The maximum Gasteiger partial charge on any atom is 0.361 e. The SMILES string of the molecule is CC/C=C\C/C=C\C/C=C\C/C=C\C/C=C\C/C=C\C/C=C\CCCCCCCCCC(=O)OC(COC(=O)CCCCCCCCCCCCCCCCC)COC(OCC[N+](C)(C)C)C(=O)O. The Bertz CT molecular complexity index is 1400. The minimum atomic E-state index is -1.52. The van der Waals surface area contributed by atoms with Gasteiger partial charge in [0.15, 0.2) is 6.10 Å². The van der Waals surface area contributed by atoms with Crippen LogP contribution >= 0.6 is 0 Å². The summed E-state index contributed by atoms with van der Waals surface area (Å²) in [5.41, 5.74) is 0. The molecule has 0 saturated heterocycles. The quantitative estimate of drug-likeness (QED) is 0.0211. The largest absolute Gasteiger partial charge is 0.477 e. The van der Waals surface area contributed by atoms with Crippen LogP contribution in [0.15, 0.2) is 85.1 Å². The molecule has 69 heavy (non-hydrogen) atoms. The van der Waals surface area contributed by atoms with Gasteiger partial charge >= 0.3 is 17.9 Å². The van der Waals surface area contributed by atoms with Gasteiger partial charge in [-0.3, -0.25) is 9.59 Å². The summed E-state index contributed by atoms with van der Waals surface area (Å²) in [6.07, 6.45) is 63.6. The normalized spacial score (nSPS) is 13.5. The predicted molar refractivity (Wildman–Crippen MR) is 290 cm³/mol. The molecule has 0 aromatic carbocycles. The molecule has 2 unspecified atom stereocenters. The van der Waals surface area contributed by atoms with E-state index in [-0.39, 0.29) is 32.2 Å². The average Bonchev–Trinajstić information content (AvgIpc) is 3.31. The summed E-state index contributed by atoms with van der Waals surface area (Å²) in [7, 11) is 5.96. The monoisotopic (exact) mass is 967 g/mol. The van der Waals surface area contributed by atoms with Crippen molar-refractivity contribution in [2.75, 3.05) is 47.5 Å². The highest BCUT2D eigenvalue weighted by atomic mass is 16.7. The van der Waals surface area contributed by atoms with Crippen LogP contribution in [-0.4, -0.2) is 87.4 Å². The zero-order chi connectivity index (χ0) is 50.6. The molecule has 0 aromatic heterocycles. The number of quaternary nitrogens is 1. The van der Waals surface area contributed by atoms with Crippen LogP contribution in [0.25, 0.3) is 0 Å². The van der Waals surface area contributed by atoms with Gasteiger partial charge in [0.1, 0.15) is 13.2 Å². The molecule has 0 amide bonds. The fourth-order valence-corrected chi connectivity index (χ4v) is 7.40. The van der Waals surface area contributed by atoms with Gasteiger partial charge in [0, 0.05) is 12.8 Å². The van der Waals surface area contributed by atoms with Crippen LogP contribution < -0.4 is 0 Å². The van der Waals surface area contributed by atoms with E-state index < -0.39 is 24.3 Å². The molecule has 9 nitrogen and oxygen atoms in total. The molecule has 0 saturated carbocycles. The molecule has 9 heteroatoms. The standard InChI is InChI=1S/C60H103NO8/c1-6-8-10-12-14-16-18-20-22-23-24-25-26-27-28-29-30-31-32-33-34-35-37-39-41-43-45-47-49-51-58(63)69-56(55-68-60(59(64)65)66-53-52-61(3,4)5)54-67-57(62)50-48-46-44-42-40-38-36-21-19-17-15-13-11-9-7-2/h8,10,14,16,20,22,24-25,27-28,30-31,33-34,56,60H,6-7,9,11-13,15,17-19,21,23,26,29,32,35-55H2,1-5H3/p+1/b10-8-,16-14-,22-20-,25-24-,28-27-,31-30-,34-33-. The lowest BCUT2D eigenvalue weighted by molar-refractivity contribution is -0.870. The van der Waals surface area contributed by atoms with Crippen LogP contribution in [0.5, 0.6) is 0 Å². The number of likely N-dealkylation sites (N-methyl/N-ethyl adjacent to an activating group) is 1. The van der Waals surface area contributed by atoms with E-state index in [4.69, 9.17) is 18.9 Å². The fraction of sp³-hybridized carbons (Fsp3) is 0.717. The Hall–Kier alpha value is -3.53. The van der Waals surface area contributed by atoms with Crippen LogP contribution in [0, 0.1) is 0 Å². The number of allylic oxidation sites excluding steroid dienone is 14. The highest BCUT2D eigenvalue weighted by molar-refractivity contribution is 5.71. The topological polar surface area (TPSA) is 108 Å². The Balaban J connectivity index is 4.30. The van der Waals surface area contributed by atoms with E-state index in [1.807, 2.05) is 21.1 Å². The molecule has 0 rings (SSSR count). The van der Waals surface area contributed by atoms with Crippen molar-refractivity contribution in [1.82, 2.24) is 0 Å².